The minimum atomic E-state index is 0.453. The molecule has 23 heavy (non-hydrogen) atoms. The first-order valence-electron chi connectivity index (χ1n) is 8.32. The third-order valence-corrected chi connectivity index (χ3v) is 4.71. The highest BCUT2D eigenvalue weighted by Crippen LogP contribution is 2.18. The van der Waals surface area contributed by atoms with Crippen LogP contribution in [-0.2, 0) is 13.0 Å². The third-order valence-electron chi connectivity index (χ3n) is 4.71. The molecular weight excluding hydrogens is 284 g/mol. The molecule has 0 unspecified atom stereocenters. The number of aromatic nitrogens is 2. The molecule has 0 saturated carbocycles. The molecule has 0 aliphatic carbocycles. The van der Waals surface area contributed by atoms with E-state index in [0.29, 0.717) is 6.04 Å². The first kappa shape index (κ1) is 17.7. The quantitative estimate of drug-likeness (QED) is 0.851. The Kier molecular flexibility index (Phi) is 5.97. The lowest BCUT2D eigenvalue weighted by molar-refractivity contribution is 0.320. The van der Waals surface area contributed by atoms with Gasteiger partial charge in [-0.25, -0.2) is 0 Å². The molecule has 1 N–H and O–H groups in total. The average Bonchev–Trinajstić information content (AvgIpc) is 2.84. The smallest absolute Gasteiger partial charge is 0.0626 e. The number of likely N-dealkylation sites (N-methyl/N-ethyl adjacent to an activating group) is 1. The van der Waals surface area contributed by atoms with Crippen molar-refractivity contribution in [2.45, 2.75) is 39.8 Å². The summed E-state index contributed by atoms with van der Waals surface area (Å²) in [5, 5.41) is 7.33. The van der Waals surface area contributed by atoms with Crippen LogP contribution in [0.1, 0.15) is 41.0 Å². The van der Waals surface area contributed by atoms with Gasteiger partial charge in [-0.3, -0.25) is 5.10 Å². The molecule has 2 aromatic rings. The predicted octanol–water partition coefficient (Wildman–Crippen LogP) is 3.32. The molecule has 2 rings (SSSR count). The van der Waals surface area contributed by atoms with Crippen LogP contribution >= 0.6 is 0 Å². The standard InChI is InChI=1S/C19H30N4/c1-14-19(15(2)21-20-14)11-12-23(6)13-17-7-9-18(10-8-17)16(3)22(4)5/h7-10,16H,11-13H2,1-6H3,(H,20,21)/t16-/m0/s1. The van der Waals surface area contributed by atoms with Crippen LogP contribution in [0.2, 0.25) is 0 Å². The number of nitrogens with zero attached hydrogens (tertiary/aromatic N) is 3. The van der Waals surface area contributed by atoms with Gasteiger partial charge in [-0.2, -0.15) is 5.10 Å². The van der Waals surface area contributed by atoms with Gasteiger partial charge >= 0.3 is 0 Å². The van der Waals surface area contributed by atoms with Crippen LogP contribution < -0.4 is 0 Å². The largest absolute Gasteiger partial charge is 0.303 e. The Balaban J connectivity index is 1.89. The lowest BCUT2D eigenvalue weighted by atomic mass is 10.1. The van der Waals surface area contributed by atoms with Crippen molar-refractivity contribution < 1.29 is 0 Å². The number of nitrogens with one attached hydrogen (secondary N) is 1. The Morgan fingerprint density at radius 2 is 1.74 bits per heavy atom. The molecule has 0 radical (unpaired) electrons. The summed E-state index contributed by atoms with van der Waals surface area (Å²) >= 11 is 0. The van der Waals surface area contributed by atoms with Crippen molar-refractivity contribution >= 4 is 0 Å². The zero-order valence-electron chi connectivity index (χ0n) is 15.3. The van der Waals surface area contributed by atoms with Crippen molar-refractivity contribution in [2.24, 2.45) is 0 Å². The molecule has 1 aromatic heterocycles. The van der Waals surface area contributed by atoms with E-state index in [1.165, 1.54) is 22.4 Å². The molecule has 0 fully saturated rings. The van der Waals surface area contributed by atoms with E-state index in [1.807, 2.05) is 0 Å². The van der Waals surface area contributed by atoms with Gasteiger partial charge in [0.2, 0.25) is 0 Å². The second-order valence-corrected chi connectivity index (χ2v) is 6.78. The van der Waals surface area contributed by atoms with E-state index < -0.39 is 0 Å². The molecule has 0 aliphatic rings. The minimum Gasteiger partial charge on any atom is -0.303 e. The topological polar surface area (TPSA) is 35.2 Å². The van der Waals surface area contributed by atoms with Crippen LogP contribution in [0.3, 0.4) is 0 Å². The fourth-order valence-corrected chi connectivity index (χ4v) is 2.84. The van der Waals surface area contributed by atoms with E-state index in [4.69, 9.17) is 0 Å². The van der Waals surface area contributed by atoms with E-state index in [2.05, 4.69) is 86.2 Å². The Morgan fingerprint density at radius 3 is 2.26 bits per heavy atom. The average molecular weight is 314 g/mol. The van der Waals surface area contributed by atoms with Gasteiger partial charge in [-0.15, -0.1) is 0 Å². The molecule has 0 bridgehead atoms. The Labute approximate surface area is 140 Å². The molecule has 0 spiro atoms. The van der Waals surface area contributed by atoms with Crippen molar-refractivity contribution in [1.29, 1.82) is 0 Å². The Morgan fingerprint density at radius 1 is 1.09 bits per heavy atom. The first-order chi connectivity index (χ1) is 10.9. The first-order valence-corrected chi connectivity index (χ1v) is 8.32. The summed E-state index contributed by atoms with van der Waals surface area (Å²) in [4.78, 5) is 4.60. The van der Waals surface area contributed by atoms with Crippen molar-refractivity contribution in [3.8, 4) is 0 Å². The number of aromatic amines is 1. The lowest BCUT2D eigenvalue weighted by Gasteiger charge is -2.21. The van der Waals surface area contributed by atoms with Crippen LogP contribution in [0, 0.1) is 13.8 Å². The van der Waals surface area contributed by atoms with E-state index in [-0.39, 0.29) is 0 Å². The monoisotopic (exact) mass is 314 g/mol. The SMILES string of the molecule is Cc1n[nH]c(C)c1CCN(C)Cc1ccc([C@H](C)N(C)C)cc1. The summed E-state index contributed by atoms with van der Waals surface area (Å²) in [6, 6.07) is 9.45. The molecule has 4 heteroatoms. The van der Waals surface area contributed by atoms with Crippen molar-refractivity contribution in [1.82, 2.24) is 20.0 Å². The van der Waals surface area contributed by atoms with Crippen LogP contribution in [0.5, 0.6) is 0 Å². The normalized spacial score (nSPS) is 13.0. The van der Waals surface area contributed by atoms with Gasteiger partial charge in [0.05, 0.1) is 5.69 Å². The number of H-pyrrole nitrogens is 1. The molecule has 1 atom stereocenters. The summed E-state index contributed by atoms with van der Waals surface area (Å²) in [6.45, 7) is 8.42. The van der Waals surface area contributed by atoms with E-state index in [9.17, 15) is 0 Å². The molecule has 1 aromatic carbocycles. The maximum atomic E-state index is 4.27. The summed E-state index contributed by atoms with van der Waals surface area (Å²) in [5.41, 5.74) is 6.40. The molecule has 1 heterocycles. The van der Waals surface area contributed by atoms with Gasteiger partial charge in [0, 0.05) is 24.8 Å². The summed E-state index contributed by atoms with van der Waals surface area (Å²) < 4.78 is 0. The molecule has 126 valence electrons. The summed E-state index contributed by atoms with van der Waals surface area (Å²) in [7, 11) is 6.42. The lowest BCUT2D eigenvalue weighted by Crippen LogP contribution is -2.21. The fourth-order valence-electron chi connectivity index (χ4n) is 2.84. The second-order valence-electron chi connectivity index (χ2n) is 6.78. The van der Waals surface area contributed by atoms with Crippen LogP contribution in [-0.4, -0.2) is 47.7 Å². The summed E-state index contributed by atoms with van der Waals surface area (Å²) in [6.07, 6.45) is 1.04. The van der Waals surface area contributed by atoms with Crippen molar-refractivity contribution in [2.75, 3.05) is 27.7 Å². The van der Waals surface area contributed by atoms with Gasteiger partial charge < -0.3 is 9.80 Å². The maximum Gasteiger partial charge on any atom is 0.0626 e. The molecule has 4 nitrogen and oxygen atoms in total. The highest BCUT2D eigenvalue weighted by atomic mass is 15.1. The Bertz CT molecular complexity index is 593. The molecule has 0 saturated heterocycles. The second kappa shape index (κ2) is 7.75. The van der Waals surface area contributed by atoms with E-state index >= 15 is 0 Å². The van der Waals surface area contributed by atoms with Gasteiger partial charge in [-0.1, -0.05) is 24.3 Å². The molecular formula is C19H30N4. The van der Waals surface area contributed by atoms with Crippen LogP contribution in [0.15, 0.2) is 24.3 Å². The molecule has 0 aliphatic heterocycles. The Hall–Kier alpha value is -1.65. The number of hydrogen-bond acceptors (Lipinski definition) is 3. The van der Waals surface area contributed by atoms with Crippen molar-refractivity contribution in [3.63, 3.8) is 0 Å². The highest BCUT2D eigenvalue weighted by molar-refractivity contribution is 5.25. The number of rotatable bonds is 7. The van der Waals surface area contributed by atoms with E-state index in [1.54, 1.807) is 0 Å². The van der Waals surface area contributed by atoms with Crippen LogP contribution in [0.25, 0.3) is 0 Å². The minimum absolute atomic E-state index is 0.453. The van der Waals surface area contributed by atoms with E-state index in [0.717, 1.165) is 25.2 Å². The van der Waals surface area contributed by atoms with Gasteiger partial charge in [-0.05, 0) is 65.0 Å². The van der Waals surface area contributed by atoms with Crippen molar-refractivity contribution in [3.05, 3.63) is 52.3 Å². The summed E-state index contributed by atoms with van der Waals surface area (Å²) in [5.74, 6) is 0. The van der Waals surface area contributed by atoms with Gasteiger partial charge in [0.15, 0.2) is 0 Å². The zero-order chi connectivity index (χ0) is 17.0. The number of benzene rings is 1. The predicted molar refractivity (Wildman–Crippen MR) is 96.6 cm³/mol. The zero-order valence-corrected chi connectivity index (χ0v) is 15.3. The maximum absolute atomic E-state index is 4.27. The molecule has 0 amide bonds. The number of aryl methyl sites for hydroxylation is 2. The van der Waals surface area contributed by atoms with Gasteiger partial charge in [0.25, 0.3) is 0 Å². The number of hydrogen-bond donors (Lipinski definition) is 1. The third kappa shape index (κ3) is 4.66. The highest BCUT2D eigenvalue weighted by Gasteiger charge is 2.09. The fraction of sp³-hybridized carbons (Fsp3) is 0.526. The van der Waals surface area contributed by atoms with Gasteiger partial charge in [0.1, 0.15) is 0 Å². The van der Waals surface area contributed by atoms with Crippen LogP contribution in [0.4, 0.5) is 0 Å².